The van der Waals surface area contributed by atoms with Crippen LogP contribution in [0, 0.1) is 5.92 Å². The molecule has 2 aromatic heterocycles. The van der Waals surface area contributed by atoms with Crippen molar-refractivity contribution in [2.24, 2.45) is 5.92 Å². The van der Waals surface area contributed by atoms with E-state index in [-0.39, 0.29) is 11.8 Å². The maximum atomic E-state index is 13.6. The van der Waals surface area contributed by atoms with Gasteiger partial charge >= 0.3 is 0 Å². The van der Waals surface area contributed by atoms with Crippen LogP contribution in [0.1, 0.15) is 43.2 Å². The summed E-state index contributed by atoms with van der Waals surface area (Å²) in [6, 6.07) is 17.5. The smallest absolute Gasteiger partial charge is 0.271 e. The Morgan fingerprint density at radius 2 is 1.84 bits per heavy atom. The van der Waals surface area contributed by atoms with E-state index in [0.717, 1.165) is 17.7 Å². The molecule has 6 nitrogen and oxygen atoms in total. The van der Waals surface area contributed by atoms with Gasteiger partial charge in [-0.2, -0.15) is 0 Å². The summed E-state index contributed by atoms with van der Waals surface area (Å²) < 4.78 is 7.50. The molecule has 6 heteroatoms. The molecule has 3 aromatic rings. The normalized spacial score (nSPS) is 18.1. The lowest BCUT2D eigenvalue weighted by Crippen LogP contribution is -2.64. The van der Waals surface area contributed by atoms with Crippen molar-refractivity contribution in [1.82, 2.24) is 14.8 Å². The monoisotopic (exact) mass is 433 g/mol. The van der Waals surface area contributed by atoms with Crippen LogP contribution in [-0.4, -0.2) is 39.9 Å². The third-order valence-electron chi connectivity index (χ3n) is 6.24. The topological polar surface area (TPSA) is 67.5 Å². The minimum absolute atomic E-state index is 0.121. The van der Waals surface area contributed by atoms with Gasteiger partial charge in [-0.25, -0.2) is 0 Å². The Kier molecular flexibility index (Phi) is 6.21. The first-order valence-corrected chi connectivity index (χ1v) is 11.3. The molecular weight excluding hydrogens is 402 g/mol. The number of aromatic nitrogens is 1. The van der Waals surface area contributed by atoms with Crippen molar-refractivity contribution in [3.8, 4) is 11.5 Å². The molecule has 1 atom stereocenters. The van der Waals surface area contributed by atoms with Crippen LogP contribution in [0.15, 0.2) is 65.3 Å². The molecule has 0 radical (unpaired) electrons. The summed E-state index contributed by atoms with van der Waals surface area (Å²) in [5, 5.41) is 3.08. The standard InChI is InChI=1S/C26H31N3O3/c1-19(2)13-15-27-25(31)26(3)18-28-21(23-10-7-17-32-23)11-12-22(28)24(30)29(26)16-14-20-8-5-4-6-9-20/h4-12,17,19H,13-16,18H2,1-3H3,(H,27,31)/t26-/m1/s1. The van der Waals surface area contributed by atoms with E-state index in [1.54, 1.807) is 11.2 Å². The molecule has 1 aliphatic heterocycles. The molecule has 32 heavy (non-hydrogen) atoms. The zero-order valence-corrected chi connectivity index (χ0v) is 19.0. The molecule has 4 rings (SSSR count). The number of carbonyl (C=O) groups excluding carboxylic acids is 2. The third-order valence-corrected chi connectivity index (χ3v) is 6.24. The van der Waals surface area contributed by atoms with Gasteiger partial charge in [-0.15, -0.1) is 0 Å². The Balaban J connectivity index is 1.66. The first-order chi connectivity index (χ1) is 15.4. The van der Waals surface area contributed by atoms with Crippen LogP contribution in [0.4, 0.5) is 0 Å². The summed E-state index contributed by atoms with van der Waals surface area (Å²) in [4.78, 5) is 28.8. The zero-order chi connectivity index (χ0) is 22.7. The maximum Gasteiger partial charge on any atom is 0.271 e. The highest BCUT2D eigenvalue weighted by Gasteiger charge is 2.47. The fourth-order valence-electron chi connectivity index (χ4n) is 4.31. The van der Waals surface area contributed by atoms with E-state index in [1.807, 2.05) is 66.1 Å². The molecule has 3 heterocycles. The summed E-state index contributed by atoms with van der Waals surface area (Å²) in [5.41, 5.74) is 1.52. The second-order valence-corrected chi connectivity index (χ2v) is 9.07. The molecule has 1 N–H and O–H groups in total. The van der Waals surface area contributed by atoms with Gasteiger partial charge in [-0.1, -0.05) is 44.2 Å². The van der Waals surface area contributed by atoms with E-state index in [0.29, 0.717) is 43.4 Å². The first-order valence-electron chi connectivity index (χ1n) is 11.3. The third kappa shape index (κ3) is 4.22. The van der Waals surface area contributed by atoms with E-state index < -0.39 is 5.54 Å². The maximum absolute atomic E-state index is 13.6. The SMILES string of the molecule is CC(C)CCNC(=O)[C@@]1(C)Cn2c(ccc2-c2ccco2)C(=O)N1CCc1ccccc1. The number of nitrogens with zero attached hydrogens (tertiary/aromatic N) is 2. The Morgan fingerprint density at radius 1 is 1.09 bits per heavy atom. The van der Waals surface area contributed by atoms with Crippen LogP contribution in [0.3, 0.4) is 0 Å². The number of rotatable bonds is 8. The molecule has 0 unspecified atom stereocenters. The largest absolute Gasteiger partial charge is 0.463 e. The number of furan rings is 1. The number of hydrogen-bond acceptors (Lipinski definition) is 3. The lowest BCUT2D eigenvalue weighted by atomic mass is 9.93. The van der Waals surface area contributed by atoms with Gasteiger partial charge in [0.25, 0.3) is 5.91 Å². The first kappa shape index (κ1) is 21.9. The Morgan fingerprint density at radius 3 is 2.53 bits per heavy atom. The number of hydrogen-bond donors (Lipinski definition) is 1. The lowest BCUT2D eigenvalue weighted by Gasteiger charge is -2.44. The molecule has 2 amide bonds. The fourth-order valence-corrected chi connectivity index (χ4v) is 4.31. The van der Waals surface area contributed by atoms with Crippen LogP contribution >= 0.6 is 0 Å². The van der Waals surface area contributed by atoms with Gasteiger partial charge < -0.3 is 19.2 Å². The van der Waals surface area contributed by atoms with Gasteiger partial charge in [0, 0.05) is 13.1 Å². The molecule has 0 fully saturated rings. The van der Waals surface area contributed by atoms with E-state index in [2.05, 4.69) is 19.2 Å². The quantitative estimate of drug-likeness (QED) is 0.574. The van der Waals surface area contributed by atoms with Gasteiger partial charge in [0.2, 0.25) is 5.91 Å². The van der Waals surface area contributed by atoms with Gasteiger partial charge in [0.05, 0.1) is 18.5 Å². The zero-order valence-electron chi connectivity index (χ0n) is 19.0. The van der Waals surface area contributed by atoms with Crippen LogP contribution < -0.4 is 5.32 Å². The van der Waals surface area contributed by atoms with Gasteiger partial charge in [-0.3, -0.25) is 9.59 Å². The number of benzene rings is 1. The molecule has 0 saturated heterocycles. The highest BCUT2D eigenvalue weighted by atomic mass is 16.3. The van der Waals surface area contributed by atoms with Crippen molar-refractivity contribution in [3.63, 3.8) is 0 Å². The highest BCUT2D eigenvalue weighted by molar-refractivity contribution is 6.00. The van der Waals surface area contributed by atoms with Crippen molar-refractivity contribution in [1.29, 1.82) is 0 Å². The fraction of sp³-hybridized carbons (Fsp3) is 0.385. The van der Waals surface area contributed by atoms with E-state index in [9.17, 15) is 9.59 Å². The average Bonchev–Trinajstić information content (AvgIpc) is 3.43. The van der Waals surface area contributed by atoms with Crippen molar-refractivity contribution in [2.75, 3.05) is 13.1 Å². The van der Waals surface area contributed by atoms with E-state index in [1.165, 1.54) is 0 Å². The summed E-state index contributed by atoms with van der Waals surface area (Å²) in [6.07, 6.45) is 3.20. The molecule has 1 aromatic carbocycles. The number of amides is 2. The van der Waals surface area contributed by atoms with Crippen LogP contribution in [0.25, 0.3) is 11.5 Å². The second kappa shape index (κ2) is 9.07. The number of fused-ring (bicyclic) bond motifs is 1. The Hall–Kier alpha value is -3.28. The van der Waals surface area contributed by atoms with E-state index >= 15 is 0 Å². The van der Waals surface area contributed by atoms with Crippen LogP contribution in [0.5, 0.6) is 0 Å². The molecular formula is C26H31N3O3. The minimum atomic E-state index is -1.00. The summed E-state index contributed by atoms with van der Waals surface area (Å²) in [6.45, 7) is 7.57. The van der Waals surface area contributed by atoms with Gasteiger partial charge in [0.1, 0.15) is 17.0 Å². The summed E-state index contributed by atoms with van der Waals surface area (Å²) in [7, 11) is 0. The molecule has 0 saturated carbocycles. The summed E-state index contributed by atoms with van der Waals surface area (Å²) in [5.74, 6) is 0.923. The average molecular weight is 434 g/mol. The molecule has 0 aliphatic carbocycles. The van der Waals surface area contributed by atoms with Crippen molar-refractivity contribution >= 4 is 11.8 Å². The van der Waals surface area contributed by atoms with Crippen LogP contribution in [-0.2, 0) is 17.8 Å². The molecule has 0 spiro atoms. The van der Waals surface area contributed by atoms with Crippen molar-refractivity contribution < 1.29 is 14.0 Å². The van der Waals surface area contributed by atoms with Gasteiger partial charge in [-0.05, 0) is 55.5 Å². The number of nitrogens with one attached hydrogen (secondary N) is 1. The van der Waals surface area contributed by atoms with Crippen molar-refractivity contribution in [2.45, 2.75) is 45.7 Å². The molecule has 1 aliphatic rings. The molecule has 168 valence electrons. The Bertz CT molecular complexity index is 1070. The second-order valence-electron chi connectivity index (χ2n) is 9.07. The van der Waals surface area contributed by atoms with Crippen molar-refractivity contribution in [3.05, 3.63) is 72.1 Å². The highest BCUT2D eigenvalue weighted by Crippen LogP contribution is 2.33. The Labute approximate surface area is 189 Å². The lowest BCUT2D eigenvalue weighted by molar-refractivity contribution is -0.132. The minimum Gasteiger partial charge on any atom is -0.463 e. The predicted octanol–water partition coefficient (Wildman–Crippen LogP) is 4.37. The van der Waals surface area contributed by atoms with Gasteiger partial charge in [0.15, 0.2) is 0 Å². The predicted molar refractivity (Wildman–Crippen MR) is 124 cm³/mol. The van der Waals surface area contributed by atoms with Crippen LogP contribution in [0.2, 0.25) is 0 Å². The van der Waals surface area contributed by atoms with E-state index in [4.69, 9.17) is 4.42 Å². The summed E-state index contributed by atoms with van der Waals surface area (Å²) >= 11 is 0. The molecule has 0 bridgehead atoms. The number of carbonyl (C=O) groups is 2.